The molecule has 2 aromatic heterocycles. The third-order valence-electron chi connectivity index (χ3n) is 5.42. The van der Waals surface area contributed by atoms with Crippen molar-refractivity contribution in [1.29, 1.82) is 0 Å². The van der Waals surface area contributed by atoms with Crippen LogP contribution in [-0.2, 0) is 6.54 Å². The lowest BCUT2D eigenvalue weighted by molar-refractivity contribution is 0.125. The molecule has 0 spiro atoms. The highest BCUT2D eigenvalue weighted by atomic mass is 16.5. The number of hydrogen-bond acceptors (Lipinski definition) is 4. The monoisotopic (exact) mass is 364 g/mol. The quantitative estimate of drug-likeness (QED) is 0.688. The molecule has 1 saturated heterocycles. The molecule has 1 aromatic carbocycles. The molecule has 0 amide bonds. The number of aryl methyl sites for hydroxylation is 3. The van der Waals surface area contributed by atoms with Crippen molar-refractivity contribution in [3.63, 3.8) is 0 Å². The average molecular weight is 364 g/mol. The van der Waals surface area contributed by atoms with E-state index in [-0.39, 0.29) is 0 Å². The van der Waals surface area contributed by atoms with E-state index in [1.807, 2.05) is 23.7 Å². The van der Waals surface area contributed by atoms with Gasteiger partial charge in [0.25, 0.3) is 0 Å². The lowest BCUT2D eigenvalue weighted by Gasteiger charge is -2.32. The summed E-state index contributed by atoms with van der Waals surface area (Å²) in [5.41, 5.74) is 5.58. The highest BCUT2D eigenvalue weighted by Crippen LogP contribution is 2.23. The van der Waals surface area contributed by atoms with E-state index in [1.54, 1.807) is 0 Å². The maximum absolute atomic E-state index is 6.11. The second kappa shape index (κ2) is 7.69. The molecule has 0 saturated carbocycles. The number of aromatic nitrogens is 3. The zero-order chi connectivity index (χ0) is 18.8. The van der Waals surface area contributed by atoms with E-state index in [0.717, 1.165) is 49.0 Å². The molecule has 1 fully saturated rings. The Balaban J connectivity index is 1.41. The Morgan fingerprint density at radius 1 is 1.19 bits per heavy atom. The van der Waals surface area contributed by atoms with Gasteiger partial charge in [0.05, 0.1) is 12.8 Å². The van der Waals surface area contributed by atoms with Crippen LogP contribution in [0.5, 0.6) is 5.75 Å². The second-order valence-electron chi connectivity index (χ2n) is 7.76. The predicted octanol–water partition coefficient (Wildman–Crippen LogP) is 3.95. The van der Waals surface area contributed by atoms with Crippen LogP contribution in [0.1, 0.15) is 35.4 Å². The lowest BCUT2D eigenvalue weighted by Crippen LogP contribution is -2.37. The van der Waals surface area contributed by atoms with Gasteiger partial charge >= 0.3 is 0 Å². The Kier molecular flexibility index (Phi) is 5.12. The van der Waals surface area contributed by atoms with Gasteiger partial charge in [-0.3, -0.25) is 4.90 Å². The van der Waals surface area contributed by atoms with Crippen molar-refractivity contribution in [2.45, 2.75) is 40.2 Å². The van der Waals surface area contributed by atoms with Gasteiger partial charge in [0.1, 0.15) is 5.75 Å². The number of para-hydroxylation sites is 1. The molecule has 1 aliphatic rings. The molecule has 4 rings (SSSR count). The number of rotatable bonds is 5. The predicted molar refractivity (Wildman–Crippen MR) is 107 cm³/mol. The summed E-state index contributed by atoms with van der Waals surface area (Å²) in [5.74, 6) is 1.57. The molecule has 1 aliphatic heterocycles. The second-order valence-corrected chi connectivity index (χ2v) is 7.76. The summed E-state index contributed by atoms with van der Waals surface area (Å²) in [6.45, 7) is 10.1. The molecule has 0 radical (unpaired) electrons. The Morgan fingerprint density at radius 3 is 2.89 bits per heavy atom. The minimum atomic E-state index is 0.566. The van der Waals surface area contributed by atoms with E-state index in [2.05, 4.69) is 48.1 Å². The molecule has 3 heterocycles. The summed E-state index contributed by atoms with van der Waals surface area (Å²) < 4.78 is 8.06. The van der Waals surface area contributed by atoms with Crippen LogP contribution >= 0.6 is 0 Å². The van der Waals surface area contributed by atoms with Gasteiger partial charge in [-0.25, -0.2) is 9.50 Å². The van der Waals surface area contributed by atoms with Crippen LogP contribution in [0.3, 0.4) is 0 Å². The molecule has 142 valence electrons. The molecular weight excluding hydrogens is 336 g/mol. The number of benzene rings is 1. The molecule has 0 bridgehead atoms. The number of hydrogen-bond donors (Lipinski definition) is 0. The topological polar surface area (TPSA) is 42.7 Å². The average Bonchev–Trinajstić information content (AvgIpc) is 3.04. The van der Waals surface area contributed by atoms with E-state index in [9.17, 15) is 0 Å². The maximum atomic E-state index is 6.11. The largest absolute Gasteiger partial charge is 0.493 e. The van der Waals surface area contributed by atoms with E-state index < -0.39 is 0 Å². The normalized spacial score (nSPS) is 18.1. The Labute approximate surface area is 161 Å². The third kappa shape index (κ3) is 3.98. The summed E-state index contributed by atoms with van der Waals surface area (Å²) in [5, 5.41) is 4.53. The SMILES string of the molecule is Cc1cc(C)n2ncc(CN3CCCC(COc4ccccc4C)C3)c2n1. The number of ether oxygens (including phenoxy) is 1. The first kappa shape index (κ1) is 18.0. The van der Waals surface area contributed by atoms with Gasteiger partial charge in [-0.2, -0.15) is 5.10 Å². The van der Waals surface area contributed by atoms with Crippen molar-refractivity contribution in [3.05, 3.63) is 59.0 Å². The lowest BCUT2D eigenvalue weighted by atomic mass is 9.98. The Hall–Kier alpha value is -2.40. The van der Waals surface area contributed by atoms with Crippen LogP contribution in [0.2, 0.25) is 0 Å². The molecule has 27 heavy (non-hydrogen) atoms. The highest BCUT2D eigenvalue weighted by molar-refractivity contribution is 5.47. The zero-order valence-electron chi connectivity index (χ0n) is 16.5. The first-order valence-corrected chi connectivity index (χ1v) is 9.82. The first-order valence-electron chi connectivity index (χ1n) is 9.82. The first-order chi connectivity index (χ1) is 13.1. The van der Waals surface area contributed by atoms with Crippen molar-refractivity contribution in [2.24, 2.45) is 5.92 Å². The highest BCUT2D eigenvalue weighted by Gasteiger charge is 2.22. The molecular formula is C22H28N4O. The smallest absolute Gasteiger partial charge is 0.159 e. The summed E-state index contributed by atoms with van der Waals surface area (Å²) in [6, 6.07) is 10.3. The van der Waals surface area contributed by atoms with Gasteiger partial charge in [0, 0.05) is 36.0 Å². The molecule has 1 unspecified atom stereocenters. The van der Waals surface area contributed by atoms with Gasteiger partial charge in [-0.05, 0) is 57.9 Å². The van der Waals surface area contributed by atoms with Crippen LogP contribution in [-0.4, -0.2) is 39.2 Å². The van der Waals surface area contributed by atoms with Crippen LogP contribution in [0.25, 0.3) is 5.65 Å². The van der Waals surface area contributed by atoms with Crippen LogP contribution in [0.15, 0.2) is 36.5 Å². The van der Waals surface area contributed by atoms with Crippen molar-refractivity contribution >= 4 is 5.65 Å². The van der Waals surface area contributed by atoms with Gasteiger partial charge in [-0.15, -0.1) is 0 Å². The van der Waals surface area contributed by atoms with Gasteiger partial charge in [-0.1, -0.05) is 18.2 Å². The van der Waals surface area contributed by atoms with E-state index in [4.69, 9.17) is 9.72 Å². The molecule has 5 heteroatoms. The van der Waals surface area contributed by atoms with Crippen LogP contribution in [0.4, 0.5) is 0 Å². The third-order valence-corrected chi connectivity index (χ3v) is 5.42. The molecule has 3 aromatic rings. The molecule has 1 atom stereocenters. The zero-order valence-corrected chi connectivity index (χ0v) is 16.5. The number of nitrogens with zero attached hydrogens (tertiary/aromatic N) is 4. The van der Waals surface area contributed by atoms with Crippen LogP contribution < -0.4 is 4.74 Å². The van der Waals surface area contributed by atoms with Gasteiger partial charge in [0.2, 0.25) is 0 Å². The molecule has 0 N–H and O–H groups in total. The summed E-state index contributed by atoms with van der Waals surface area (Å²) in [4.78, 5) is 7.24. The van der Waals surface area contributed by atoms with E-state index >= 15 is 0 Å². The van der Waals surface area contributed by atoms with Crippen molar-refractivity contribution in [2.75, 3.05) is 19.7 Å². The van der Waals surface area contributed by atoms with Gasteiger partial charge in [0.15, 0.2) is 5.65 Å². The van der Waals surface area contributed by atoms with E-state index in [1.165, 1.54) is 24.0 Å². The molecule has 5 nitrogen and oxygen atoms in total. The standard InChI is InChI=1S/C22H28N4O/c1-16-7-4-5-9-21(16)27-15-19-8-6-10-25(13-19)14-20-12-23-26-18(3)11-17(2)24-22(20)26/h4-5,7,9,11-12,19H,6,8,10,13-15H2,1-3H3. The minimum Gasteiger partial charge on any atom is -0.493 e. The van der Waals surface area contributed by atoms with E-state index in [0.29, 0.717) is 5.92 Å². The fourth-order valence-corrected chi connectivity index (χ4v) is 4.03. The number of fused-ring (bicyclic) bond motifs is 1. The van der Waals surface area contributed by atoms with Crippen LogP contribution in [0, 0.1) is 26.7 Å². The number of piperidine rings is 1. The molecule has 0 aliphatic carbocycles. The number of likely N-dealkylation sites (tertiary alicyclic amines) is 1. The Bertz CT molecular complexity index is 933. The fraction of sp³-hybridized carbons (Fsp3) is 0.455. The maximum Gasteiger partial charge on any atom is 0.159 e. The fourth-order valence-electron chi connectivity index (χ4n) is 4.03. The van der Waals surface area contributed by atoms with Gasteiger partial charge < -0.3 is 4.74 Å². The summed E-state index contributed by atoms with van der Waals surface area (Å²) in [6.07, 6.45) is 4.42. The summed E-state index contributed by atoms with van der Waals surface area (Å²) in [7, 11) is 0. The Morgan fingerprint density at radius 2 is 2.04 bits per heavy atom. The van der Waals surface area contributed by atoms with Crippen molar-refractivity contribution < 1.29 is 4.74 Å². The summed E-state index contributed by atoms with van der Waals surface area (Å²) >= 11 is 0. The van der Waals surface area contributed by atoms with Crippen molar-refractivity contribution in [3.8, 4) is 5.75 Å². The minimum absolute atomic E-state index is 0.566. The van der Waals surface area contributed by atoms with Crippen molar-refractivity contribution in [1.82, 2.24) is 19.5 Å².